The summed E-state index contributed by atoms with van der Waals surface area (Å²) >= 11 is 4.56. The van der Waals surface area contributed by atoms with Gasteiger partial charge >= 0.3 is 6.09 Å². The van der Waals surface area contributed by atoms with E-state index in [4.69, 9.17) is 10.5 Å². The van der Waals surface area contributed by atoms with Crippen LogP contribution in [-0.2, 0) is 17.6 Å². The molecule has 27 heavy (non-hydrogen) atoms. The van der Waals surface area contributed by atoms with E-state index in [0.717, 1.165) is 19.4 Å². The smallest absolute Gasteiger partial charge is 0.407 e. The highest BCUT2D eigenvalue weighted by Gasteiger charge is 2.15. The van der Waals surface area contributed by atoms with Crippen molar-refractivity contribution in [2.45, 2.75) is 39.2 Å². The Morgan fingerprint density at radius 2 is 1.37 bits per heavy atom. The average molecular weight is 594 g/mol. The Morgan fingerprint density at radius 1 is 0.926 bits per heavy atom. The molecule has 0 bridgehead atoms. The van der Waals surface area contributed by atoms with E-state index in [1.807, 2.05) is 20.8 Å². The van der Waals surface area contributed by atoms with E-state index in [2.05, 4.69) is 99.0 Å². The molecule has 2 aromatic carbocycles. The molecule has 2 aromatic rings. The molecule has 0 fully saturated rings. The molecule has 0 spiro atoms. The summed E-state index contributed by atoms with van der Waals surface area (Å²) in [6.45, 7) is 6.89. The van der Waals surface area contributed by atoms with Gasteiger partial charge in [0.25, 0.3) is 0 Å². The highest BCUT2D eigenvalue weighted by Crippen LogP contribution is 2.08. The number of hydrogen-bond acceptors (Lipinski definition) is 3. The molecule has 0 saturated carbocycles. The normalized spacial score (nSPS) is 10.6. The van der Waals surface area contributed by atoms with Crippen LogP contribution in [0.2, 0.25) is 0 Å². The summed E-state index contributed by atoms with van der Waals surface area (Å²) < 4.78 is 7.63. The van der Waals surface area contributed by atoms with Crippen molar-refractivity contribution in [2.75, 3.05) is 13.1 Å². The third kappa shape index (κ3) is 12.2. The van der Waals surface area contributed by atoms with Crippen molar-refractivity contribution < 1.29 is 9.53 Å². The van der Waals surface area contributed by atoms with Crippen molar-refractivity contribution in [2.24, 2.45) is 5.73 Å². The Balaban J connectivity index is 0.000000309. The first-order chi connectivity index (χ1) is 12.7. The quantitative estimate of drug-likeness (QED) is 0.471. The number of ether oxygens (including phenoxy) is 1. The fraction of sp³-hybridized carbons (Fsp3) is 0.381. The van der Waals surface area contributed by atoms with Gasteiger partial charge in [0.2, 0.25) is 0 Å². The van der Waals surface area contributed by atoms with Crippen LogP contribution in [0.1, 0.15) is 31.9 Å². The minimum atomic E-state index is -0.438. The summed E-state index contributed by atoms with van der Waals surface area (Å²) in [5.41, 5.74) is 7.49. The van der Waals surface area contributed by atoms with Gasteiger partial charge in [-0.15, -0.1) is 0 Å². The van der Waals surface area contributed by atoms with Gasteiger partial charge in [-0.1, -0.05) is 24.3 Å². The molecule has 0 radical (unpaired) electrons. The van der Waals surface area contributed by atoms with Crippen LogP contribution in [0, 0.1) is 7.14 Å². The van der Waals surface area contributed by atoms with Crippen LogP contribution in [0.15, 0.2) is 48.5 Å². The molecule has 6 heteroatoms. The van der Waals surface area contributed by atoms with Gasteiger partial charge in [0.05, 0.1) is 0 Å². The van der Waals surface area contributed by atoms with Gasteiger partial charge in [-0.3, -0.25) is 0 Å². The van der Waals surface area contributed by atoms with E-state index < -0.39 is 5.60 Å². The number of benzene rings is 2. The van der Waals surface area contributed by atoms with Crippen LogP contribution in [0.25, 0.3) is 0 Å². The molecule has 0 heterocycles. The third-order valence-corrected chi connectivity index (χ3v) is 4.78. The second-order valence-corrected chi connectivity index (χ2v) is 9.46. The predicted molar refractivity (Wildman–Crippen MR) is 129 cm³/mol. The maximum atomic E-state index is 11.4. The molecule has 0 atom stereocenters. The first-order valence-electron chi connectivity index (χ1n) is 8.85. The Kier molecular flexibility index (Phi) is 11.2. The first kappa shape index (κ1) is 24.2. The van der Waals surface area contributed by atoms with Crippen LogP contribution >= 0.6 is 45.2 Å². The van der Waals surface area contributed by atoms with E-state index >= 15 is 0 Å². The Labute approximate surface area is 189 Å². The number of nitrogens with two attached hydrogens (primary N) is 1. The van der Waals surface area contributed by atoms with Crippen LogP contribution in [0.4, 0.5) is 4.79 Å². The van der Waals surface area contributed by atoms with E-state index in [1.54, 1.807) is 0 Å². The molecule has 0 aliphatic rings. The highest BCUT2D eigenvalue weighted by molar-refractivity contribution is 14.1. The van der Waals surface area contributed by atoms with Crippen LogP contribution in [-0.4, -0.2) is 24.8 Å². The van der Waals surface area contributed by atoms with Gasteiger partial charge in [-0.2, -0.15) is 0 Å². The number of carbonyl (C=O) groups is 1. The van der Waals surface area contributed by atoms with Gasteiger partial charge in [-0.25, -0.2) is 4.79 Å². The molecule has 0 aliphatic carbocycles. The molecule has 0 unspecified atom stereocenters. The maximum Gasteiger partial charge on any atom is 0.407 e. The van der Waals surface area contributed by atoms with E-state index in [-0.39, 0.29) is 6.09 Å². The van der Waals surface area contributed by atoms with Gasteiger partial charge < -0.3 is 15.8 Å². The SMILES string of the molecule is CC(C)(C)OC(=O)NCCc1ccc(I)cc1.NCCc1ccc(I)cc1. The maximum absolute atomic E-state index is 11.4. The van der Waals surface area contributed by atoms with Crippen molar-refractivity contribution in [1.82, 2.24) is 5.32 Å². The molecule has 148 valence electrons. The van der Waals surface area contributed by atoms with E-state index in [1.165, 1.54) is 18.3 Å². The second kappa shape index (κ2) is 12.6. The molecular formula is C21H28I2N2O2. The van der Waals surface area contributed by atoms with Crippen molar-refractivity contribution >= 4 is 51.3 Å². The largest absolute Gasteiger partial charge is 0.444 e. The van der Waals surface area contributed by atoms with E-state index in [9.17, 15) is 4.79 Å². The Hall–Kier alpha value is -0.870. The summed E-state index contributed by atoms with van der Waals surface area (Å²) in [7, 11) is 0. The van der Waals surface area contributed by atoms with Crippen LogP contribution in [0.5, 0.6) is 0 Å². The molecule has 3 N–H and O–H groups in total. The van der Waals surface area contributed by atoms with Gasteiger partial charge in [-0.05, 0) is 121 Å². The van der Waals surface area contributed by atoms with E-state index in [0.29, 0.717) is 6.54 Å². The fourth-order valence-corrected chi connectivity index (χ4v) is 2.81. The number of halogens is 2. The lowest BCUT2D eigenvalue weighted by Gasteiger charge is -2.19. The van der Waals surface area contributed by atoms with Crippen molar-refractivity contribution in [1.29, 1.82) is 0 Å². The van der Waals surface area contributed by atoms with Crippen molar-refractivity contribution in [3.63, 3.8) is 0 Å². The number of amides is 1. The van der Waals surface area contributed by atoms with Gasteiger partial charge in [0.15, 0.2) is 0 Å². The first-order valence-corrected chi connectivity index (χ1v) is 11.0. The lowest BCUT2D eigenvalue weighted by atomic mass is 10.1. The topological polar surface area (TPSA) is 64.3 Å². The van der Waals surface area contributed by atoms with Gasteiger partial charge in [0.1, 0.15) is 5.60 Å². The number of rotatable bonds is 5. The Bertz CT molecular complexity index is 681. The average Bonchev–Trinajstić information content (AvgIpc) is 2.58. The van der Waals surface area contributed by atoms with Gasteiger partial charge in [0, 0.05) is 13.7 Å². The summed E-state index contributed by atoms with van der Waals surface area (Å²) in [6, 6.07) is 16.7. The zero-order chi connectivity index (χ0) is 20.3. The third-order valence-electron chi connectivity index (χ3n) is 3.34. The summed E-state index contributed by atoms with van der Waals surface area (Å²) in [4.78, 5) is 11.4. The summed E-state index contributed by atoms with van der Waals surface area (Å²) in [6.07, 6.45) is 1.44. The summed E-state index contributed by atoms with van der Waals surface area (Å²) in [5.74, 6) is 0. The summed E-state index contributed by atoms with van der Waals surface area (Å²) in [5, 5.41) is 2.74. The Morgan fingerprint density at radius 3 is 1.78 bits per heavy atom. The van der Waals surface area contributed by atoms with Crippen molar-refractivity contribution in [3.05, 3.63) is 66.8 Å². The number of carbonyl (C=O) groups excluding carboxylic acids is 1. The number of alkyl carbamates (subject to hydrolysis) is 1. The predicted octanol–water partition coefficient (Wildman–Crippen LogP) is 5.15. The second-order valence-electron chi connectivity index (χ2n) is 6.97. The minimum absolute atomic E-state index is 0.358. The van der Waals surface area contributed by atoms with Crippen molar-refractivity contribution in [3.8, 4) is 0 Å². The molecule has 1 amide bonds. The molecule has 2 rings (SSSR count). The molecular weight excluding hydrogens is 566 g/mol. The zero-order valence-electron chi connectivity index (χ0n) is 16.1. The number of nitrogens with one attached hydrogen (secondary N) is 1. The lowest BCUT2D eigenvalue weighted by Crippen LogP contribution is -2.33. The van der Waals surface area contributed by atoms with Crippen LogP contribution < -0.4 is 11.1 Å². The standard InChI is InChI=1S/C13H18INO2.C8H10IN/c1-13(2,3)17-12(16)15-9-8-10-4-6-11(14)7-5-10;9-8-3-1-7(2-4-8)5-6-10/h4-7H,8-9H2,1-3H3,(H,15,16);1-4H,5-6,10H2. The lowest BCUT2D eigenvalue weighted by molar-refractivity contribution is 0.0528. The molecule has 0 aliphatic heterocycles. The molecule has 0 saturated heterocycles. The monoisotopic (exact) mass is 594 g/mol. The molecule has 0 aromatic heterocycles. The fourth-order valence-electron chi connectivity index (χ4n) is 2.09. The minimum Gasteiger partial charge on any atom is -0.444 e. The molecule has 4 nitrogen and oxygen atoms in total. The highest BCUT2D eigenvalue weighted by atomic mass is 127. The number of hydrogen-bond donors (Lipinski definition) is 2. The zero-order valence-corrected chi connectivity index (χ0v) is 20.4. The van der Waals surface area contributed by atoms with Crippen LogP contribution in [0.3, 0.4) is 0 Å².